The lowest BCUT2D eigenvalue weighted by atomic mass is 10.1. The monoisotopic (exact) mass is 342 g/mol. The van der Waals surface area contributed by atoms with E-state index in [1.165, 1.54) is 57.8 Å². The summed E-state index contributed by atoms with van der Waals surface area (Å²) in [6.45, 7) is 13.7. The molecule has 0 saturated carbocycles. The Bertz CT molecular complexity index is 264. The highest BCUT2D eigenvalue weighted by Crippen LogP contribution is 2.19. The first-order valence-electron chi connectivity index (χ1n) is 10.1. The van der Waals surface area contributed by atoms with Gasteiger partial charge in [0.1, 0.15) is 0 Å². The molecule has 0 rings (SSSR count). The second kappa shape index (κ2) is 15.4. The summed E-state index contributed by atoms with van der Waals surface area (Å²) in [5.74, 6) is 0. The van der Waals surface area contributed by atoms with Crippen LogP contribution in [0.3, 0.4) is 0 Å². The Labute approximate surface area is 147 Å². The summed E-state index contributed by atoms with van der Waals surface area (Å²) in [5.41, 5.74) is 1.95. The van der Waals surface area contributed by atoms with Crippen molar-refractivity contribution in [2.24, 2.45) is 0 Å². The molecule has 0 amide bonds. The van der Waals surface area contributed by atoms with Crippen molar-refractivity contribution in [1.82, 2.24) is 0 Å². The van der Waals surface area contributed by atoms with Gasteiger partial charge in [-0.15, -0.1) is 6.58 Å². The molecule has 0 heterocycles. The molecule has 0 aliphatic rings. The zero-order valence-electron chi connectivity index (χ0n) is 16.4. The molecule has 0 saturated heterocycles. The lowest BCUT2D eigenvalue weighted by Gasteiger charge is -2.29. The SMILES string of the molecule is C=C[Si](C)(OCCCCCCCCCC)OC(CCC)CCC. The minimum absolute atomic E-state index is 0.346. The topological polar surface area (TPSA) is 18.5 Å². The van der Waals surface area contributed by atoms with Crippen LogP contribution < -0.4 is 0 Å². The van der Waals surface area contributed by atoms with Crippen LogP contribution in [0.4, 0.5) is 0 Å². The summed E-state index contributed by atoms with van der Waals surface area (Å²) in [6, 6.07) is 0. The first kappa shape index (κ1) is 22.9. The predicted molar refractivity (Wildman–Crippen MR) is 105 cm³/mol. The van der Waals surface area contributed by atoms with Gasteiger partial charge in [0, 0.05) is 12.7 Å². The van der Waals surface area contributed by atoms with Crippen LogP contribution in [-0.4, -0.2) is 21.3 Å². The highest BCUT2D eigenvalue weighted by atomic mass is 28.4. The normalized spacial score (nSPS) is 14.1. The quantitative estimate of drug-likeness (QED) is 0.211. The van der Waals surface area contributed by atoms with Gasteiger partial charge in [0.15, 0.2) is 0 Å². The van der Waals surface area contributed by atoms with Gasteiger partial charge < -0.3 is 8.85 Å². The van der Waals surface area contributed by atoms with Crippen molar-refractivity contribution in [3.63, 3.8) is 0 Å². The maximum atomic E-state index is 6.34. The third-order valence-corrected chi connectivity index (χ3v) is 6.70. The molecule has 0 bridgehead atoms. The first-order chi connectivity index (χ1) is 11.1. The maximum absolute atomic E-state index is 6.34. The van der Waals surface area contributed by atoms with E-state index in [1.54, 1.807) is 0 Å². The fourth-order valence-electron chi connectivity index (χ4n) is 2.89. The molecule has 1 unspecified atom stereocenters. The third kappa shape index (κ3) is 12.9. The average Bonchev–Trinajstić information content (AvgIpc) is 2.54. The molecule has 3 heteroatoms. The van der Waals surface area contributed by atoms with E-state index in [0.717, 1.165) is 25.9 Å². The molecule has 0 aromatic rings. The van der Waals surface area contributed by atoms with Crippen molar-refractivity contribution < 1.29 is 8.85 Å². The smallest absolute Gasteiger partial charge is 0.361 e. The third-order valence-electron chi connectivity index (χ3n) is 4.38. The van der Waals surface area contributed by atoms with E-state index in [-0.39, 0.29) is 0 Å². The second-order valence-electron chi connectivity index (χ2n) is 6.86. The van der Waals surface area contributed by atoms with Crippen LogP contribution in [0.5, 0.6) is 0 Å². The minimum atomic E-state index is -2.18. The fraction of sp³-hybridized carbons (Fsp3) is 0.900. The van der Waals surface area contributed by atoms with E-state index < -0.39 is 8.56 Å². The molecule has 2 nitrogen and oxygen atoms in total. The van der Waals surface area contributed by atoms with Crippen LogP contribution in [-0.2, 0) is 8.85 Å². The Morgan fingerprint density at radius 3 is 1.83 bits per heavy atom. The second-order valence-corrected chi connectivity index (χ2v) is 9.83. The summed E-state index contributed by atoms with van der Waals surface area (Å²) in [7, 11) is -2.18. The molecule has 0 aliphatic carbocycles. The number of hydrogen-bond donors (Lipinski definition) is 0. The van der Waals surface area contributed by atoms with Crippen molar-refractivity contribution in [3.8, 4) is 0 Å². The van der Waals surface area contributed by atoms with Gasteiger partial charge >= 0.3 is 8.56 Å². The molecule has 0 radical (unpaired) electrons. The van der Waals surface area contributed by atoms with Crippen molar-refractivity contribution >= 4 is 8.56 Å². The van der Waals surface area contributed by atoms with Gasteiger partial charge in [-0.2, -0.15) is 0 Å². The molecule has 23 heavy (non-hydrogen) atoms. The van der Waals surface area contributed by atoms with Gasteiger partial charge in [-0.3, -0.25) is 0 Å². The highest BCUT2D eigenvalue weighted by Gasteiger charge is 2.30. The van der Waals surface area contributed by atoms with Crippen LogP contribution in [0, 0.1) is 0 Å². The van der Waals surface area contributed by atoms with Crippen LogP contribution in [0.2, 0.25) is 6.55 Å². The molecular formula is C20H42O2Si. The summed E-state index contributed by atoms with van der Waals surface area (Å²) in [6.07, 6.45) is 15.6. The number of hydrogen-bond acceptors (Lipinski definition) is 2. The van der Waals surface area contributed by atoms with Crippen LogP contribution in [0.15, 0.2) is 12.3 Å². The Morgan fingerprint density at radius 2 is 1.35 bits per heavy atom. The standard InChI is InChI=1S/C20H42O2Si/c1-6-10-11-12-13-14-15-16-19-21-23(5,9-4)22-20(17-7-2)18-8-3/h9,20H,4,6-8,10-19H2,1-3,5H3. The minimum Gasteiger partial charge on any atom is -0.391 e. The zero-order valence-corrected chi connectivity index (χ0v) is 17.4. The van der Waals surface area contributed by atoms with Crippen LogP contribution in [0.1, 0.15) is 97.8 Å². The van der Waals surface area contributed by atoms with E-state index in [9.17, 15) is 0 Å². The summed E-state index contributed by atoms with van der Waals surface area (Å²) in [5, 5.41) is 0. The molecule has 0 spiro atoms. The van der Waals surface area contributed by atoms with Gasteiger partial charge in [-0.05, 0) is 31.5 Å². The Balaban J connectivity index is 3.86. The Kier molecular flexibility index (Phi) is 15.3. The lowest BCUT2D eigenvalue weighted by molar-refractivity contribution is 0.109. The molecule has 0 fully saturated rings. The average molecular weight is 343 g/mol. The molecule has 138 valence electrons. The summed E-state index contributed by atoms with van der Waals surface area (Å²) >= 11 is 0. The van der Waals surface area contributed by atoms with Gasteiger partial charge in [-0.25, -0.2) is 0 Å². The largest absolute Gasteiger partial charge is 0.391 e. The molecule has 0 aromatic carbocycles. The summed E-state index contributed by atoms with van der Waals surface area (Å²) < 4.78 is 12.5. The van der Waals surface area contributed by atoms with Crippen LogP contribution in [0.25, 0.3) is 0 Å². The molecule has 0 aliphatic heterocycles. The highest BCUT2D eigenvalue weighted by molar-refractivity contribution is 6.71. The Morgan fingerprint density at radius 1 is 0.826 bits per heavy atom. The molecule has 0 N–H and O–H groups in total. The Hall–Kier alpha value is -0.123. The van der Waals surface area contributed by atoms with Gasteiger partial charge in [0.2, 0.25) is 0 Å². The van der Waals surface area contributed by atoms with Gasteiger partial charge in [0.05, 0.1) is 0 Å². The van der Waals surface area contributed by atoms with Crippen molar-refractivity contribution in [1.29, 1.82) is 0 Å². The van der Waals surface area contributed by atoms with E-state index in [4.69, 9.17) is 8.85 Å². The lowest BCUT2D eigenvalue weighted by Crippen LogP contribution is -2.41. The first-order valence-corrected chi connectivity index (χ1v) is 12.5. The van der Waals surface area contributed by atoms with Crippen molar-refractivity contribution in [2.45, 2.75) is 110 Å². The van der Waals surface area contributed by atoms with E-state index >= 15 is 0 Å². The predicted octanol–water partition coefficient (Wildman–Crippen LogP) is 6.93. The summed E-state index contributed by atoms with van der Waals surface area (Å²) in [4.78, 5) is 0. The fourth-order valence-corrected chi connectivity index (χ4v) is 4.62. The van der Waals surface area contributed by atoms with Gasteiger partial charge in [0.25, 0.3) is 0 Å². The van der Waals surface area contributed by atoms with E-state index in [0.29, 0.717) is 6.10 Å². The van der Waals surface area contributed by atoms with Crippen molar-refractivity contribution in [3.05, 3.63) is 12.3 Å². The van der Waals surface area contributed by atoms with E-state index in [1.807, 2.05) is 5.70 Å². The van der Waals surface area contributed by atoms with E-state index in [2.05, 4.69) is 33.9 Å². The van der Waals surface area contributed by atoms with Gasteiger partial charge in [-0.1, -0.05) is 78.6 Å². The molecule has 0 aromatic heterocycles. The molecule has 1 atom stereocenters. The van der Waals surface area contributed by atoms with Crippen LogP contribution >= 0.6 is 0 Å². The maximum Gasteiger partial charge on any atom is 0.361 e. The zero-order chi connectivity index (χ0) is 17.4. The molecular weight excluding hydrogens is 300 g/mol. The number of unbranched alkanes of at least 4 members (excludes halogenated alkanes) is 7. The number of rotatable bonds is 17. The van der Waals surface area contributed by atoms with Crippen molar-refractivity contribution in [2.75, 3.05) is 6.61 Å².